The van der Waals surface area contributed by atoms with Crippen molar-refractivity contribution in [1.29, 1.82) is 0 Å². The van der Waals surface area contributed by atoms with Crippen molar-refractivity contribution in [2.24, 2.45) is 0 Å². The molecule has 0 aliphatic rings. The van der Waals surface area contributed by atoms with Crippen LogP contribution in [0, 0.1) is 13.8 Å². The van der Waals surface area contributed by atoms with Gasteiger partial charge in [-0.25, -0.2) is 0 Å². The molecule has 0 aliphatic heterocycles. The van der Waals surface area contributed by atoms with Crippen LogP contribution in [0.2, 0.25) is 0 Å². The summed E-state index contributed by atoms with van der Waals surface area (Å²) in [5, 5.41) is 11.1. The molecule has 2 heterocycles. The van der Waals surface area contributed by atoms with E-state index >= 15 is 0 Å². The number of aryl methyl sites for hydroxylation is 2. The molecule has 0 saturated heterocycles. The highest BCUT2D eigenvalue weighted by Gasteiger charge is 2.17. The van der Waals surface area contributed by atoms with Crippen molar-refractivity contribution in [2.45, 2.75) is 27.0 Å². The predicted octanol–water partition coefficient (Wildman–Crippen LogP) is 3.66. The van der Waals surface area contributed by atoms with E-state index in [4.69, 9.17) is 13.7 Å². The smallest absolute Gasteiger partial charge is 0.255 e. The Bertz CT molecular complexity index is 1220. The number of rotatable bonds is 8. The molecule has 8 heteroatoms. The van der Waals surface area contributed by atoms with Crippen LogP contribution < -0.4 is 15.4 Å². The van der Waals surface area contributed by atoms with Gasteiger partial charge in [0.2, 0.25) is 5.91 Å². The van der Waals surface area contributed by atoms with E-state index in [2.05, 4.69) is 15.8 Å². The molecule has 0 fully saturated rings. The number of nitrogens with zero attached hydrogens (tertiary/aromatic N) is 1. The van der Waals surface area contributed by atoms with Crippen molar-refractivity contribution in [3.05, 3.63) is 83.1 Å². The van der Waals surface area contributed by atoms with E-state index < -0.39 is 5.91 Å². The van der Waals surface area contributed by atoms with Gasteiger partial charge in [0.25, 0.3) is 5.91 Å². The number of benzene rings is 2. The molecule has 2 N–H and O–H groups in total. The second kappa shape index (κ2) is 9.38. The van der Waals surface area contributed by atoms with Crippen molar-refractivity contribution >= 4 is 22.6 Å². The summed E-state index contributed by atoms with van der Waals surface area (Å²) < 4.78 is 16.4. The molecule has 4 rings (SSSR count). The minimum absolute atomic E-state index is 0.171. The zero-order valence-electron chi connectivity index (χ0n) is 17.8. The lowest BCUT2D eigenvalue weighted by atomic mass is 10.1. The minimum Gasteiger partial charge on any atom is -0.488 e. The van der Waals surface area contributed by atoms with E-state index in [1.807, 2.05) is 44.2 Å². The number of hydrogen-bond donors (Lipinski definition) is 2. The molecule has 164 valence electrons. The SMILES string of the molecule is Cc1noc(C)c1COc1cc2ccccc2cc1C(=O)NCC(=O)NCc1ccco1. The number of carbonyl (C=O) groups is 2. The summed E-state index contributed by atoms with van der Waals surface area (Å²) in [7, 11) is 0. The van der Waals surface area contributed by atoms with Crippen LogP contribution in [0.5, 0.6) is 5.75 Å². The Morgan fingerprint density at radius 3 is 2.50 bits per heavy atom. The molecule has 0 atom stereocenters. The van der Waals surface area contributed by atoms with Crippen LogP contribution in [0.3, 0.4) is 0 Å². The Morgan fingerprint density at radius 1 is 1.03 bits per heavy atom. The molecule has 32 heavy (non-hydrogen) atoms. The van der Waals surface area contributed by atoms with Gasteiger partial charge < -0.3 is 24.3 Å². The largest absolute Gasteiger partial charge is 0.488 e. The molecule has 0 spiro atoms. The van der Waals surface area contributed by atoms with Crippen LogP contribution in [0.15, 0.2) is 63.7 Å². The van der Waals surface area contributed by atoms with E-state index in [1.54, 1.807) is 18.2 Å². The third-order valence-corrected chi connectivity index (χ3v) is 5.10. The van der Waals surface area contributed by atoms with Crippen LogP contribution in [-0.4, -0.2) is 23.5 Å². The Morgan fingerprint density at radius 2 is 1.81 bits per heavy atom. The van der Waals surface area contributed by atoms with Gasteiger partial charge in [-0.1, -0.05) is 29.4 Å². The van der Waals surface area contributed by atoms with E-state index in [-0.39, 0.29) is 25.6 Å². The molecular weight excluding hydrogens is 410 g/mol. The first kappa shape index (κ1) is 21.2. The van der Waals surface area contributed by atoms with Gasteiger partial charge in [-0.05, 0) is 48.9 Å². The van der Waals surface area contributed by atoms with Gasteiger partial charge in [-0.15, -0.1) is 0 Å². The van der Waals surface area contributed by atoms with E-state index in [1.165, 1.54) is 6.26 Å². The zero-order chi connectivity index (χ0) is 22.5. The number of hydrogen-bond acceptors (Lipinski definition) is 6. The normalized spacial score (nSPS) is 10.8. The number of aromatic nitrogens is 1. The Labute approximate surface area is 184 Å². The van der Waals surface area contributed by atoms with E-state index in [9.17, 15) is 9.59 Å². The Hall–Kier alpha value is -4.07. The fourth-order valence-corrected chi connectivity index (χ4v) is 3.29. The van der Waals surface area contributed by atoms with Gasteiger partial charge in [0, 0.05) is 0 Å². The van der Waals surface area contributed by atoms with Gasteiger partial charge in [0.15, 0.2) is 0 Å². The Balaban J connectivity index is 1.48. The number of ether oxygens (including phenoxy) is 1. The van der Waals surface area contributed by atoms with Crippen LogP contribution in [0.1, 0.15) is 33.1 Å². The summed E-state index contributed by atoms with van der Waals surface area (Å²) in [5.74, 6) is 0.986. The van der Waals surface area contributed by atoms with Crippen molar-refractivity contribution in [3.63, 3.8) is 0 Å². The highest BCUT2D eigenvalue weighted by molar-refractivity contribution is 6.02. The van der Waals surface area contributed by atoms with E-state index in [0.717, 1.165) is 22.0 Å². The topological polar surface area (TPSA) is 107 Å². The molecule has 0 bridgehead atoms. The lowest BCUT2D eigenvalue weighted by Gasteiger charge is -2.13. The van der Waals surface area contributed by atoms with Crippen molar-refractivity contribution in [2.75, 3.05) is 6.54 Å². The number of nitrogens with one attached hydrogen (secondary N) is 2. The van der Waals surface area contributed by atoms with Crippen molar-refractivity contribution in [3.8, 4) is 5.75 Å². The van der Waals surface area contributed by atoms with Gasteiger partial charge in [-0.3, -0.25) is 9.59 Å². The number of fused-ring (bicyclic) bond motifs is 1. The predicted molar refractivity (Wildman–Crippen MR) is 117 cm³/mol. The summed E-state index contributed by atoms with van der Waals surface area (Å²) in [4.78, 5) is 25.0. The van der Waals surface area contributed by atoms with E-state index in [0.29, 0.717) is 22.8 Å². The van der Waals surface area contributed by atoms with Crippen molar-refractivity contribution < 1.29 is 23.3 Å². The Kier molecular flexibility index (Phi) is 6.21. The first-order chi connectivity index (χ1) is 15.5. The summed E-state index contributed by atoms with van der Waals surface area (Å²) >= 11 is 0. The average molecular weight is 433 g/mol. The minimum atomic E-state index is -0.405. The molecule has 4 aromatic rings. The number of carbonyl (C=O) groups excluding carboxylic acids is 2. The second-order valence-corrected chi connectivity index (χ2v) is 7.33. The lowest BCUT2D eigenvalue weighted by Crippen LogP contribution is -2.36. The zero-order valence-corrected chi connectivity index (χ0v) is 17.8. The highest BCUT2D eigenvalue weighted by Crippen LogP contribution is 2.27. The monoisotopic (exact) mass is 433 g/mol. The maximum absolute atomic E-state index is 12.9. The number of amides is 2. The van der Waals surface area contributed by atoms with Crippen molar-refractivity contribution in [1.82, 2.24) is 15.8 Å². The van der Waals surface area contributed by atoms with Crippen LogP contribution in [0.4, 0.5) is 0 Å². The number of furan rings is 1. The fourth-order valence-electron chi connectivity index (χ4n) is 3.29. The molecule has 2 aromatic heterocycles. The van der Waals surface area contributed by atoms with Gasteiger partial charge in [0.1, 0.15) is 23.9 Å². The first-order valence-electron chi connectivity index (χ1n) is 10.2. The third kappa shape index (κ3) is 4.80. The van der Waals surface area contributed by atoms with Crippen LogP contribution in [0.25, 0.3) is 10.8 Å². The summed E-state index contributed by atoms with van der Waals surface area (Å²) in [5.41, 5.74) is 1.92. The third-order valence-electron chi connectivity index (χ3n) is 5.10. The second-order valence-electron chi connectivity index (χ2n) is 7.33. The van der Waals surface area contributed by atoms with Gasteiger partial charge >= 0.3 is 0 Å². The molecule has 0 radical (unpaired) electrons. The molecule has 2 aromatic carbocycles. The first-order valence-corrected chi connectivity index (χ1v) is 10.2. The fraction of sp³-hybridized carbons (Fsp3) is 0.208. The standard InChI is InChI=1S/C24H23N3O5/c1-15-21(16(2)32-27-15)14-31-22-11-18-7-4-3-6-17(18)10-20(22)24(29)26-13-23(28)25-12-19-8-5-9-30-19/h3-11H,12-14H2,1-2H3,(H,25,28)(H,26,29). The molecular formula is C24H23N3O5. The molecule has 8 nitrogen and oxygen atoms in total. The highest BCUT2D eigenvalue weighted by atomic mass is 16.5. The summed E-state index contributed by atoms with van der Waals surface area (Å²) in [6, 6.07) is 14.8. The summed E-state index contributed by atoms with van der Waals surface area (Å²) in [6.07, 6.45) is 1.53. The van der Waals surface area contributed by atoms with Gasteiger partial charge in [-0.2, -0.15) is 0 Å². The lowest BCUT2D eigenvalue weighted by molar-refractivity contribution is -0.120. The van der Waals surface area contributed by atoms with Crippen LogP contribution >= 0.6 is 0 Å². The quantitative estimate of drug-likeness (QED) is 0.439. The van der Waals surface area contributed by atoms with Crippen LogP contribution in [-0.2, 0) is 17.9 Å². The molecule has 2 amide bonds. The molecule has 0 saturated carbocycles. The summed E-state index contributed by atoms with van der Waals surface area (Å²) in [6.45, 7) is 3.95. The average Bonchev–Trinajstić information content (AvgIpc) is 3.43. The maximum atomic E-state index is 12.9. The van der Waals surface area contributed by atoms with Gasteiger partial charge in [0.05, 0.1) is 36.2 Å². The molecule has 0 aliphatic carbocycles. The maximum Gasteiger partial charge on any atom is 0.255 e. The molecule has 0 unspecified atom stereocenters.